The van der Waals surface area contributed by atoms with Gasteiger partial charge in [0.2, 0.25) is 33.4 Å². The molecule has 0 bridgehead atoms. The number of ether oxygens (including phenoxy) is 3. The number of pyridine rings is 2. The largest absolute Gasteiger partial charge is 0.483 e. The highest BCUT2D eigenvalue weighted by atomic mass is 32.2. The lowest BCUT2D eigenvalue weighted by atomic mass is 9.86. The van der Waals surface area contributed by atoms with Gasteiger partial charge < -0.3 is 29.7 Å². The highest BCUT2D eigenvalue weighted by Crippen LogP contribution is 2.54. The van der Waals surface area contributed by atoms with Crippen molar-refractivity contribution in [1.82, 2.24) is 29.8 Å². The Morgan fingerprint density at radius 2 is 1.86 bits per heavy atom. The summed E-state index contributed by atoms with van der Waals surface area (Å²) in [5.74, 6) is -2.54. The first-order chi connectivity index (χ1) is 26.8. The highest BCUT2D eigenvalue weighted by molar-refractivity contribution is 7.91. The average molecular weight is 813 g/mol. The molecule has 57 heavy (non-hydrogen) atoms. The minimum atomic E-state index is -4.16. The molecule has 1 aliphatic carbocycles. The van der Waals surface area contributed by atoms with Gasteiger partial charge in [-0.3, -0.25) is 14.4 Å². The van der Waals surface area contributed by atoms with E-state index in [1.54, 1.807) is 39.0 Å². The number of amides is 4. The lowest BCUT2D eigenvalue weighted by Crippen LogP contribution is -2.57. The SMILES string of the molecule is COc1ccc2nc(C)c3c(c2n1)[C@H](F)C[C@]1(C[C@H]2C(=O)N[C@@]4(C(=O)N4S(=O)(=O)C4(C)CC4)[C@@H](C)/C=C\CCCCC[C@H](NC(=O)OCC(C)(C)C)C(=O)N2C1)O3. The quantitative estimate of drug-likeness (QED) is 0.309. The van der Waals surface area contributed by atoms with Crippen LogP contribution in [0.5, 0.6) is 11.6 Å². The minimum Gasteiger partial charge on any atom is -0.483 e. The van der Waals surface area contributed by atoms with Crippen molar-refractivity contribution in [3.63, 3.8) is 0 Å². The van der Waals surface area contributed by atoms with E-state index in [1.807, 2.05) is 26.8 Å². The fraction of sp³-hybridized carbons (Fsp3) is 0.650. The number of fused-ring (bicyclic) bond motifs is 4. The molecule has 3 fully saturated rings. The molecule has 0 radical (unpaired) electrons. The number of alkyl halides is 1. The number of methoxy groups -OCH3 is 1. The Hall–Kier alpha value is -4.54. The molecular formula is C40H53FN6O9S. The molecule has 2 aromatic rings. The number of carbonyl (C=O) groups is 4. The number of carbonyl (C=O) groups excluding carboxylic acids is 4. The number of aryl methyl sites for hydroxylation is 1. The summed E-state index contributed by atoms with van der Waals surface area (Å²) in [5, 5.41) is 5.52. The molecule has 7 rings (SSSR count). The fourth-order valence-corrected chi connectivity index (χ4v) is 10.3. The average Bonchev–Trinajstić information content (AvgIpc) is 4.00. The maximum absolute atomic E-state index is 16.8. The molecule has 0 unspecified atom stereocenters. The van der Waals surface area contributed by atoms with Crippen molar-refractivity contribution in [2.75, 3.05) is 20.3 Å². The number of sulfonamides is 1. The van der Waals surface area contributed by atoms with Crippen LogP contribution in [0.1, 0.15) is 110 Å². The predicted octanol–water partition coefficient (Wildman–Crippen LogP) is 4.91. The van der Waals surface area contributed by atoms with Crippen LogP contribution in [0.15, 0.2) is 24.3 Å². The topological polar surface area (TPSA) is 186 Å². The van der Waals surface area contributed by atoms with Crippen LogP contribution < -0.4 is 20.1 Å². The van der Waals surface area contributed by atoms with Crippen molar-refractivity contribution in [3.8, 4) is 11.6 Å². The van der Waals surface area contributed by atoms with Crippen LogP contribution in [-0.4, -0.2) is 99.8 Å². The summed E-state index contributed by atoms with van der Waals surface area (Å²) in [6.45, 7) is 10.5. The fourth-order valence-electron chi connectivity index (χ4n) is 8.30. The highest BCUT2D eigenvalue weighted by Gasteiger charge is 2.76. The smallest absolute Gasteiger partial charge is 0.407 e. The van der Waals surface area contributed by atoms with E-state index >= 15 is 4.39 Å². The van der Waals surface area contributed by atoms with Gasteiger partial charge in [-0.1, -0.05) is 52.7 Å². The lowest BCUT2D eigenvalue weighted by Gasteiger charge is -2.38. The monoisotopic (exact) mass is 812 g/mol. The van der Waals surface area contributed by atoms with Crippen molar-refractivity contribution in [3.05, 3.63) is 35.5 Å². The zero-order valence-electron chi connectivity index (χ0n) is 33.6. The molecule has 17 heteroatoms. The third kappa shape index (κ3) is 7.28. The molecule has 2 aromatic heterocycles. The van der Waals surface area contributed by atoms with Crippen molar-refractivity contribution in [2.45, 2.75) is 134 Å². The maximum atomic E-state index is 16.8. The number of nitrogens with zero attached hydrogens (tertiary/aromatic N) is 4. The molecule has 310 valence electrons. The van der Waals surface area contributed by atoms with Crippen LogP contribution in [-0.2, 0) is 29.1 Å². The van der Waals surface area contributed by atoms with Gasteiger partial charge in [-0.2, -0.15) is 0 Å². The number of allylic oxidation sites excluding steroid dienone is 1. The Balaban J connectivity index is 1.28. The van der Waals surface area contributed by atoms with Crippen molar-refractivity contribution in [1.29, 1.82) is 0 Å². The molecule has 2 spiro atoms. The van der Waals surface area contributed by atoms with E-state index in [0.717, 1.165) is 10.7 Å². The van der Waals surface area contributed by atoms with Crippen LogP contribution in [0.2, 0.25) is 0 Å². The van der Waals surface area contributed by atoms with Gasteiger partial charge >= 0.3 is 6.09 Å². The van der Waals surface area contributed by atoms with Crippen LogP contribution in [0.3, 0.4) is 0 Å². The van der Waals surface area contributed by atoms with Gasteiger partial charge in [0, 0.05) is 24.8 Å². The third-order valence-corrected chi connectivity index (χ3v) is 14.5. The van der Waals surface area contributed by atoms with Crippen molar-refractivity contribution < 1.29 is 46.2 Å². The summed E-state index contributed by atoms with van der Waals surface area (Å²) in [5.41, 5.74) is -2.46. The van der Waals surface area contributed by atoms with Gasteiger partial charge in [0.15, 0.2) is 0 Å². The Bertz CT molecular complexity index is 2140. The number of halogens is 1. The van der Waals surface area contributed by atoms with Gasteiger partial charge in [0.25, 0.3) is 5.91 Å². The summed E-state index contributed by atoms with van der Waals surface area (Å²) >= 11 is 0. The lowest BCUT2D eigenvalue weighted by molar-refractivity contribution is -0.141. The summed E-state index contributed by atoms with van der Waals surface area (Å²) in [7, 11) is -2.71. The molecule has 4 amide bonds. The van der Waals surface area contributed by atoms with Crippen LogP contribution >= 0.6 is 0 Å². The summed E-state index contributed by atoms with van der Waals surface area (Å²) < 4.78 is 61.6. The normalized spacial score (nSPS) is 30.8. The number of hydrogen-bond donors (Lipinski definition) is 2. The summed E-state index contributed by atoms with van der Waals surface area (Å²) in [6.07, 6.45) is 4.25. The van der Waals surface area contributed by atoms with E-state index in [4.69, 9.17) is 14.2 Å². The second-order valence-corrected chi connectivity index (χ2v) is 20.1. The molecule has 0 aromatic carbocycles. The van der Waals surface area contributed by atoms with E-state index in [1.165, 1.54) is 12.0 Å². The Morgan fingerprint density at radius 1 is 1.12 bits per heavy atom. The Kier molecular flexibility index (Phi) is 10.3. The first-order valence-corrected chi connectivity index (χ1v) is 21.2. The number of aromatic nitrogens is 2. The summed E-state index contributed by atoms with van der Waals surface area (Å²) in [4.78, 5) is 66.9. The molecule has 2 saturated heterocycles. The molecule has 6 atom stereocenters. The molecule has 15 nitrogen and oxygen atoms in total. The first-order valence-electron chi connectivity index (χ1n) is 19.8. The minimum absolute atomic E-state index is 0.0879. The molecule has 2 N–H and O–H groups in total. The van der Waals surface area contributed by atoms with E-state index in [0.29, 0.717) is 43.3 Å². The predicted molar refractivity (Wildman–Crippen MR) is 206 cm³/mol. The van der Waals surface area contributed by atoms with E-state index < -0.39 is 74.0 Å². The molecule has 5 aliphatic rings. The molecule has 1 saturated carbocycles. The third-order valence-electron chi connectivity index (χ3n) is 11.9. The van der Waals surface area contributed by atoms with E-state index in [-0.39, 0.29) is 60.5 Å². The number of hydrogen-bond acceptors (Lipinski definition) is 11. The van der Waals surface area contributed by atoms with Crippen LogP contribution in [0.4, 0.5) is 9.18 Å². The standard InChI is InChI=1S/C40H53FN6O9S/c1-23-13-11-9-8-10-12-14-27(43-36(51)55-22-37(3,4)5)34(49)46-21-39(19-25(41)30-31-26(15-16-29(44-31)54-7)42-24(2)32(30)56-39)20-28(46)33(48)45-40(23)35(50)47(40)57(52,53)38(6)17-18-38/h11,13,15-16,23,25,27-28H,8-10,12,14,17-22H2,1-7H3,(H,43,51)(H,45,48)/b13-11-/t23-,25+,27-,28-,39+,40-,47?/m0/s1. The second kappa shape index (κ2) is 14.4. The second-order valence-electron chi connectivity index (χ2n) is 17.8. The Morgan fingerprint density at radius 3 is 2.54 bits per heavy atom. The van der Waals surface area contributed by atoms with Gasteiger partial charge in [-0.25, -0.2) is 31.9 Å². The van der Waals surface area contributed by atoms with Crippen LogP contribution in [0, 0.1) is 18.3 Å². The zero-order valence-corrected chi connectivity index (χ0v) is 34.5. The maximum Gasteiger partial charge on any atom is 0.407 e. The van der Waals surface area contributed by atoms with Gasteiger partial charge in [0.05, 0.1) is 41.8 Å². The van der Waals surface area contributed by atoms with Crippen LogP contribution in [0.25, 0.3) is 11.0 Å². The summed E-state index contributed by atoms with van der Waals surface area (Å²) in [6, 6.07) is 0.840. The molecule has 4 aliphatic heterocycles. The molecular weight excluding hydrogens is 760 g/mol. The van der Waals surface area contributed by atoms with E-state index in [9.17, 15) is 27.6 Å². The van der Waals surface area contributed by atoms with Gasteiger partial charge in [-0.15, -0.1) is 0 Å². The Labute approximate surface area is 332 Å². The van der Waals surface area contributed by atoms with Gasteiger partial charge in [0.1, 0.15) is 35.1 Å². The number of alkyl carbamates (subject to hydrolysis) is 1. The first kappa shape index (κ1) is 40.6. The zero-order chi connectivity index (χ0) is 41.3. The number of rotatable bonds is 5. The molecule has 6 heterocycles. The number of nitrogens with one attached hydrogen (secondary N) is 2. The van der Waals surface area contributed by atoms with Gasteiger partial charge in [-0.05, 0) is 57.4 Å². The van der Waals surface area contributed by atoms with Crippen molar-refractivity contribution in [2.24, 2.45) is 11.3 Å². The van der Waals surface area contributed by atoms with Crippen molar-refractivity contribution >= 4 is 44.9 Å². The van der Waals surface area contributed by atoms with E-state index in [2.05, 4.69) is 20.6 Å².